The van der Waals surface area contributed by atoms with E-state index in [1.54, 1.807) is 22.5 Å². The van der Waals surface area contributed by atoms with Crippen LogP contribution in [-0.4, -0.2) is 31.7 Å². The zero-order valence-corrected chi connectivity index (χ0v) is 17.6. The SMILES string of the molecule is Cc1ccc(C(=O)NCc2ccc(S(=O)(=O)N3CCC(C)CC3)s2)cc1C. The fourth-order valence-electron chi connectivity index (χ4n) is 3.10. The van der Waals surface area contributed by atoms with Crippen LogP contribution in [0.2, 0.25) is 0 Å². The van der Waals surface area contributed by atoms with Gasteiger partial charge in [-0.05, 0) is 68.0 Å². The molecule has 0 radical (unpaired) electrons. The van der Waals surface area contributed by atoms with Crippen LogP contribution >= 0.6 is 11.3 Å². The Balaban J connectivity index is 1.63. The molecule has 2 heterocycles. The summed E-state index contributed by atoms with van der Waals surface area (Å²) in [5.74, 6) is 0.428. The van der Waals surface area contributed by atoms with E-state index in [4.69, 9.17) is 0 Å². The Hall–Kier alpha value is -1.70. The van der Waals surface area contributed by atoms with Gasteiger partial charge in [-0.25, -0.2) is 8.42 Å². The number of nitrogens with one attached hydrogen (secondary N) is 1. The van der Waals surface area contributed by atoms with Gasteiger partial charge in [0.25, 0.3) is 15.9 Å². The number of aryl methyl sites for hydroxylation is 2. The van der Waals surface area contributed by atoms with Gasteiger partial charge in [0.05, 0.1) is 6.54 Å². The number of thiophene rings is 1. The van der Waals surface area contributed by atoms with Crippen molar-refractivity contribution in [3.05, 3.63) is 51.9 Å². The number of hydrogen-bond donors (Lipinski definition) is 1. The Morgan fingerprint density at radius 2 is 1.85 bits per heavy atom. The van der Waals surface area contributed by atoms with Crippen molar-refractivity contribution in [2.75, 3.05) is 13.1 Å². The van der Waals surface area contributed by atoms with E-state index < -0.39 is 10.0 Å². The van der Waals surface area contributed by atoms with E-state index >= 15 is 0 Å². The van der Waals surface area contributed by atoms with Crippen LogP contribution in [-0.2, 0) is 16.6 Å². The minimum absolute atomic E-state index is 0.152. The monoisotopic (exact) mass is 406 g/mol. The fourth-order valence-corrected chi connectivity index (χ4v) is 6.02. The van der Waals surface area contributed by atoms with Crippen LogP contribution in [0.5, 0.6) is 0 Å². The predicted octanol–water partition coefficient (Wildman–Crippen LogP) is 3.72. The second-order valence-corrected chi connectivity index (χ2v) is 10.6. The third-order valence-corrected chi connectivity index (χ3v) is 8.62. The van der Waals surface area contributed by atoms with Crippen LogP contribution in [0.15, 0.2) is 34.5 Å². The Morgan fingerprint density at radius 1 is 1.15 bits per heavy atom. The van der Waals surface area contributed by atoms with E-state index in [9.17, 15) is 13.2 Å². The number of sulfonamides is 1. The van der Waals surface area contributed by atoms with Gasteiger partial charge in [0.2, 0.25) is 0 Å². The third-order valence-electron chi connectivity index (χ3n) is 5.17. The first-order chi connectivity index (χ1) is 12.8. The van der Waals surface area contributed by atoms with E-state index in [-0.39, 0.29) is 5.91 Å². The first-order valence-electron chi connectivity index (χ1n) is 9.21. The zero-order valence-electron chi connectivity index (χ0n) is 16.0. The average molecular weight is 407 g/mol. The molecule has 1 saturated heterocycles. The lowest BCUT2D eigenvalue weighted by Crippen LogP contribution is -2.37. The number of nitrogens with zero attached hydrogens (tertiary/aromatic N) is 1. The quantitative estimate of drug-likeness (QED) is 0.823. The van der Waals surface area contributed by atoms with Crippen LogP contribution in [0.3, 0.4) is 0 Å². The van der Waals surface area contributed by atoms with Gasteiger partial charge >= 0.3 is 0 Å². The Morgan fingerprint density at radius 3 is 2.52 bits per heavy atom. The number of piperidine rings is 1. The van der Waals surface area contributed by atoms with Gasteiger partial charge < -0.3 is 5.32 Å². The first kappa shape index (κ1) is 20.0. The van der Waals surface area contributed by atoms with Crippen LogP contribution in [0.25, 0.3) is 0 Å². The minimum atomic E-state index is -3.43. The van der Waals surface area contributed by atoms with Gasteiger partial charge in [-0.1, -0.05) is 13.0 Å². The molecule has 1 aromatic heterocycles. The summed E-state index contributed by atoms with van der Waals surface area (Å²) in [4.78, 5) is 13.2. The highest BCUT2D eigenvalue weighted by atomic mass is 32.2. The summed E-state index contributed by atoms with van der Waals surface area (Å²) in [7, 11) is -3.43. The molecular formula is C20H26N2O3S2. The van der Waals surface area contributed by atoms with Crippen LogP contribution in [0.4, 0.5) is 0 Å². The minimum Gasteiger partial charge on any atom is -0.347 e. The summed E-state index contributed by atoms with van der Waals surface area (Å²) >= 11 is 1.23. The highest BCUT2D eigenvalue weighted by Crippen LogP contribution is 2.28. The molecule has 1 N–H and O–H groups in total. The maximum atomic E-state index is 12.8. The Labute approximate surface area is 165 Å². The average Bonchev–Trinajstić information content (AvgIpc) is 3.12. The molecule has 1 aliphatic rings. The topological polar surface area (TPSA) is 66.5 Å². The maximum Gasteiger partial charge on any atom is 0.252 e. The summed E-state index contributed by atoms with van der Waals surface area (Å²) in [6.07, 6.45) is 1.81. The Bertz CT molecular complexity index is 926. The molecular weight excluding hydrogens is 380 g/mol. The van der Waals surface area contributed by atoms with Crippen molar-refractivity contribution in [3.8, 4) is 0 Å². The largest absolute Gasteiger partial charge is 0.347 e. The van der Waals surface area contributed by atoms with E-state index in [2.05, 4.69) is 12.2 Å². The van der Waals surface area contributed by atoms with E-state index in [0.717, 1.165) is 28.8 Å². The van der Waals surface area contributed by atoms with Gasteiger partial charge in [0.1, 0.15) is 4.21 Å². The second kappa shape index (κ2) is 8.12. The number of benzene rings is 1. The summed E-state index contributed by atoms with van der Waals surface area (Å²) in [5, 5.41) is 2.88. The van der Waals surface area contributed by atoms with Crippen LogP contribution in [0, 0.1) is 19.8 Å². The lowest BCUT2D eigenvalue weighted by atomic mass is 10.0. The van der Waals surface area contributed by atoms with Crippen LogP contribution in [0.1, 0.15) is 46.1 Å². The van der Waals surface area contributed by atoms with Crippen molar-refractivity contribution in [2.24, 2.45) is 5.92 Å². The van der Waals surface area contributed by atoms with Gasteiger partial charge in [-0.3, -0.25) is 4.79 Å². The molecule has 0 spiro atoms. The summed E-state index contributed by atoms with van der Waals surface area (Å²) < 4.78 is 27.5. The van der Waals surface area contributed by atoms with Crippen molar-refractivity contribution in [1.82, 2.24) is 9.62 Å². The number of hydrogen-bond acceptors (Lipinski definition) is 4. The summed E-state index contributed by atoms with van der Waals surface area (Å²) in [5.41, 5.74) is 2.83. The number of carbonyl (C=O) groups excluding carboxylic acids is 1. The molecule has 1 fully saturated rings. The lowest BCUT2D eigenvalue weighted by Gasteiger charge is -2.28. The number of rotatable bonds is 5. The van der Waals surface area contributed by atoms with Crippen LogP contribution < -0.4 is 5.32 Å². The van der Waals surface area contributed by atoms with Crippen molar-refractivity contribution in [2.45, 2.75) is 44.4 Å². The molecule has 146 valence electrons. The summed E-state index contributed by atoms with van der Waals surface area (Å²) in [6.45, 7) is 7.63. The maximum absolute atomic E-state index is 12.8. The first-order valence-corrected chi connectivity index (χ1v) is 11.5. The zero-order chi connectivity index (χ0) is 19.6. The van der Waals surface area contributed by atoms with Crippen molar-refractivity contribution < 1.29 is 13.2 Å². The van der Waals surface area contributed by atoms with Gasteiger partial charge in [-0.15, -0.1) is 11.3 Å². The molecule has 2 aromatic rings. The smallest absolute Gasteiger partial charge is 0.252 e. The predicted molar refractivity (Wildman–Crippen MR) is 109 cm³/mol. The number of carbonyl (C=O) groups is 1. The Kier molecular flexibility index (Phi) is 6.03. The van der Waals surface area contributed by atoms with Crippen molar-refractivity contribution >= 4 is 27.3 Å². The molecule has 27 heavy (non-hydrogen) atoms. The fraction of sp³-hybridized carbons (Fsp3) is 0.450. The molecule has 1 aromatic carbocycles. The lowest BCUT2D eigenvalue weighted by molar-refractivity contribution is 0.0951. The molecule has 0 atom stereocenters. The molecule has 0 aliphatic carbocycles. The van der Waals surface area contributed by atoms with Gasteiger partial charge in [0.15, 0.2) is 0 Å². The highest BCUT2D eigenvalue weighted by Gasteiger charge is 2.29. The standard InChI is InChI=1S/C20H26N2O3S2/c1-14-8-10-22(11-9-14)27(24,25)19-7-6-18(26-19)13-21-20(23)17-5-4-15(2)16(3)12-17/h4-7,12,14H,8-11,13H2,1-3H3,(H,21,23). The van der Waals surface area contributed by atoms with Gasteiger partial charge in [-0.2, -0.15) is 4.31 Å². The van der Waals surface area contributed by atoms with Gasteiger partial charge in [0, 0.05) is 23.5 Å². The molecule has 1 amide bonds. The summed E-state index contributed by atoms with van der Waals surface area (Å²) in [6, 6.07) is 9.03. The second-order valence-electron chi connectivity index (χ2n) is 7.29. The molecule has 0 bridgehead atoms. The normalized spacial score (nSPS) is 16.4. The van der Waals surface area contributed by atoms with E-state index in [1.165, 1.54) is 11.3 Å². The van der Waals surface area contributed by atoms with Crippen molar-refractivity contribution in [3.63, 3.8) is 0 Å². The number of amides is 1. The molecule has 0 saturated carbocycles. The molecule has 5 nitrogen and oxygen atoms in total. The molecule has 0 unspecified atom stereocenters. The molecule has 7 heteroatoms. The van der Waals surface area contributed by atoms with E-state index in [1.807, 2.05) is 26.0 Å². The highest BCUT2D eigenvalue weighted by molar-refractivity contribution is 7.91. The molecule has 3 rings (SSSR count). The third kappa shape index (κ3) is 4.59. The molecule has 1 aliphatic heterocycles. The van der Waals surface area contributed by atoms with E-state index in [0.29, 0.717) is 35.3 Å². The van der Waals surface area contributed by atoms with Crippen molar-refractivity contribution in [1.29, 1.82) is 0 Å².